The molecule has 2 aromatic rings. The van der Waals surface area contributed by atoms with Gasteiger partial charge in [-0.05, 0) is 35.1 Å². The van der Waals surface area contributed by atoms with Crippen molar-refractivity contribution in [1.29, 1.82) is 0 Å². The molecule has 0 fully saturated rings. The zero-order chi connectivity index (χ0) is 14.0. The van der Waals surface area contributed by atoms with Crippen LogP contribution >= 0.6 is 11.6 Å². The molecule has 0 saturated heterocycles. The Hall–Kier alpha value is -1.47. The zero-order valence-electron chi connectivity index (χ0n) is 11.7. The van der Waals surface area contributed by atoms with Crippen molar-refractivity contribution in [2.45, 2.75) is 32.6 Å². The minimum absolute atomic E-state index is 0.212. The number of benzene rings is 2. The van der Waals surface area contributed by atoms with Crippen molar-refractivity contribution in [2.24, 2.45) is 0 Å². The van der Waals surface area contributed by atoms with Gasteiger partial charge in [0.05, 0.1) is 5.02 Å². The van der Waals surface area contributed by atoms with Crippen molar-refractivity contribution in [2.75, 3.05) is 5.73 Å². The lowest BCUT2D eigenvalue weighted by Gasteiger charge is -2.23. The van der Waals surface area contributed by atoms with Crippen LogP contribution in [0.4, 0.5) is 5.69 Å². The molecule has 0 atom stereocenters. The summed E-state index contributed by atoms with van der Waals surface area (Å²) in [7, 11) is 0. The van der Waals surface area contributed by atoms with Gasteiger partial charge >= 0.3 is 0 Å². The summed E-state index contributed by atoms with van der Waals surface area (Å²) < 4.78 is 0. The summed E-state index contributed by atoms with van der Waals surface area (Å²) in [5.74, 6) is 0. The fourth-order valence-corrected chi connectivity index (χ4v) is 2.37. The summed E-state index contributed by atoms with van der Waals surface area (Å²) in [5.41, 5.74) is 10.1. The van der Waals surface area contributed by atoms with Crippen molar-refractivity contribution in [1.82, 2.24) is 0 Å². The Morgan fingerprint density at radius 3 is 2.21 bits per heavy atom. The van der Waals surface area contributed by atoms with E-state index in [0.29, 0.717) is 10.7 Å². The monoisotopic (exact) mass is 273 g/mol. The van der Waals surface area contributed by atoms with Crippen LogP contribution in [0.2, 0.25) is 5.02 Å². The van der Waals surface area contributed by atoms with Crippen LogP contribution in [-0.2, 0) is 5.41 Å². The first kappa shape index (κ1) is 14.0. The van der Waals surface area contributed by atoms with Crippen molar-refractivity contribution in [3.8, 4) is 11.1 Å². The minimum Gasteiger partial charge on any atom is -0.399 e. The Bertz CT molecular complexity index is 570. The van der Waals surface area contributed by atoms with E-state index in [4.69, 9.17) is 17.3 Å². The number of hydrogen-bond acceptors (Lipinski definition) is 1. The summed E-state index contributed by atoms with van der Waals surface area (Å²) in [6, 6.07) is 14.3. The number of halogens is 1. The average molecular weight is 274 g/mol. The molecule has 0 aromatic heterocycles. The van der Waals surface area contributed by atoms with Crippen LogP contribution in [0.3, 0.4) is 0 Å². The molecule has 2 aromatic carbocycles. The fourth-order valence-electron chi connectivity index (χ4n) is 2.07. The molecule has 0 heterocycles. The number of hydrogen-bond donors (Lipinski definition) is 1. The van der Waals surface area contributed by atoms with E-state index in [1.807, 2.05) is 12.1 Å². The molecule has 0 aliphatic carbocycles. The van der Waals surface area contributed by atoms with Crippen LogP contribution in [0.15, 0.2) is 42.5 Å². The molecule has 0 aliphatic heterocycles. The Morgan fingerprint density at radius 1 is 1.05 bits per heavy atom. The number of anilines is 1. The molecule has 19 heavy (non-hydrogen) atoms. The minimum atomic E-state index is 0.212. The summed E-state index contributed by atoms with van der Waals surface area (Å²) in [4.78, 5) is 0. The number of nitrogen functional groups attached to an aromatic ring is 1. The number of rotatable bonds is 3. The predicted octanol–water partition coefficient (Wildman–Crippen LogP) is 5.28. The van der Waals surface area contributed by atoms with E-state index in [-0.39, 0.29) is 5.41 Å². The van der Waals surface area contributed by atoms with Gasteiger partial charge in [-0.1, -0.05) is 62.7 Å². The van der Waals surface area contributed by atoms with Gasteiger partial charge in [0.15, 0.2) is 0 Å². The van der Waals surface area contributed by atoms with Crippen molar-refractivity contribution in [3.63, 3.8) is 0 Å². The van der Waals surface area contributed by atoms with Gasteiger partial charge in [0, 0.05) is 11.3 Å². The van der Waals surface area contributed by atoms with Gasteiger partial charge in [-0.15, -0.1) is 0 Å². The first-order valence-corrected chi connectivity index (χ1v) is 6.98. The highest BCUT2D eigenvalue weighted by molar-refractivity contribution is 6.33. The Labute approximate surface area is 120 Å². The maximum absolute atomic E-state index is 6.24. The van der Waals surface area contributed by atoms with Crippen molar-refractivity contribution >= 4 is 17.3 Å². The molecule has 100 valence electrons. The summed E-state index contributed by atoms with van der Waals surface area (Å²) in [6.45, 7) is 6.74. The maximum atomic E-state index is 6.24. The molecule has 2 rings (SSSR count). The van der Waals surface area contributed by atoms with Crippen LogP contribution < -0.4 is 5.73 Å². The Kier molecular flexibility index (Phi) is 3.86. The first-order chi connectivity index (χ1) is 8.94. The normalized spacial score (nSPS) is 11.6. The van der Waals surface area contributed by atoms with E-state index < -0.39 is 0 Å². The van der Waals surface area contributed by atoms with Gasteiger partial charge in [-0.3, -0.25) is 0 Å². The van der Waals surface area contributed by atoms with Gasteiger partial charge in [0.25, 0.3) is 0 Å². The van der Waals surface area contributed by atoms with E-state index in [1.165, 1.54) is 5.56 Å². The summed E-state index contributed by atoms with van der Waals surface area (Å²) >= 11 is 6.24. The highest BCUT2D eigenvalue weighted by Gasteiger charge is 2.17. The van der Waals surface area contributed by atoms with E-state index in [0.717, 1.165) is 17.5 Å². The largest absolute Gasteiger partial charge is 0.399 e. The van der Waals surface area contributed by atoms with Gasteiger partial charge in [-0.2, -0.15) is 0 Å². The third-order valence-electron chi connectivity index (χ3n) is 3.85. The van der Waals surface area contributed by atoms with E-state index in [9.17, 15) is 0 Å². The third-order valence-corrected chi connectivity index (χ3v) is 4.17. The van der Waals surface area contributed by atoms with Crippen molar-refractivity contribution in [3.05, 3.63) is 53.1 Å². The molecule has 2 N–H and O–H groups in total. The molecule has 0 bridgehead atoms. The summed E-state index contributed by atoms with van der Waals surface area (Å²) in [6.07, 6.45) is 1.12. The van der Waals surface area contributed by atoms with Gasteiger partial charge in [-0.25, -0.2) is 0 Å². The molecule has 0 radical (unpaired) electrons. The Balaban J connectivity index is 2.38. The van der Waals surface area contributed by atoms with Gasteiger partial charge in [0.1, 0.15) is 0 Å². The van der Waals surface area contributed by atoms with Gasteiger partial charge in [0.2, 0.25) is 0 Å². The van der Waals surface area contributed by atoms with Crippen LogP contribution in [0.1, 0.15) is 32.8 Å². The SMILES string of the molecule is CCC(C)(C)c1ccc(-c2ccc(N)cc2Cl)cc1. The quantitative estimate of drug-likeness (QED) is 0.757. The highest BCUT2D eigenvalue weighted by atomic mass is 35.5. The maximum Gasteiger partial charge on any atom is 0.0504 e. The lowest BCUT2D eigenvalue weighted by Crippen LogP contribution is -2.14. The molecule has 0 unspecified atom stereocenters. The van der Waals surface area contributed by atoms with Crippen LogP contribution in [-0.4, -0.2) is 0 Å². The molecular formula is C17H20ClN. The van der Waals surface area contributed by atoms with E-state index >= 15 is 0 Å². The molecule has 1 nitrogen and oxygen atoms in total. The Morgan fingerprint density at radius 2 is 1.68 bits per heavy atom. The molecule has 0 amide bonds. The third kappa shape index (κ3) is 2.93. The average Bonchev–Trinajstić information content (AvgIpc) is 2.39. The lowest BCUT2D eigenvalue weighted by atomic mass is 9.82. The van der Waals surface area contributed by atoms with Crippen LogP contribution in [0.5, 0.6) is 0 Å². The van der Waals surface area contributed by atoms with Crippen molar-refractivity contribution < 1.29 is 0 Å². The number of nitrogens with two attached hydrogens (primary N) is 1. The van der Waals surface area contributed by atoms with Crippen LogP contribution in [0.25, 0.3) is 11.1 Å². The van der Waals surface area contributed by atoms with Crippen LogP contribution in [0, 0.1) is 0 Å². The summed E-state index contributed by atoms with van der Waals surface area (Å²) in [5, 5.41) is 0.697. The lowest BCUT2D eigenvalue weighted by molar-refractivity contribution is 0.506. The topological polar surface area (TPSA) is 26.0 Å². The molecule has 0 spiro atoms. The molecule has 0 aliphatic rings. The fraction of sp³-hybridized carbons (Fsp3) is 0.294. The second-order valence-corrected chi connectivity index (χ2v) is 5.96. The molecule has 2 heteroatoms. The second kappa shape index (κ2) is 5.26. The van der Waals surface area contributed by atoms with E-state index in [1.54, 1.807) is 6.07 Å². The molecular weight excluding hydrogens is 254 g/mol. The predicted molar refractivity (Wildman–Crippen MR) is 84.6 cm³/mol. The standard InChI is InChI=1S/C17H20ClN/c1-4-17(2,3)13-7-5-12(6-8-13)15-10-9-14(19)11-16(15)18/h5-11H,4,19H2,1-3H3. The second-order valence-electron chi connectivity index (χ2n) is 5.55. The highest BCUT2D eigenvalue weighted by Crippen LogP contribution is 2.32. The zero-order valence-corrected chi connectivity index (χ0v) is 12.5. The molecule has 0 saturated carbocycles. The van der Waals surface area contributed by atoms with Gasteiger partial charge < -0.3 is 5.73 Å². The smallest absolute Gasteiger partial charge is 0.0504 e. The van der Waals surface area contributed by atoms with E-state index in [2.05, 4.69) is 45.0 Å². The first-order valence-electron chi connectivity index (χ1n) is 6.60.